The van der Waals surface area contributed by atoms with Crippen LogP contribution in [0.3, 0.4) is 0 Å². The lowest BCUT2D eigenvalue weighted by Crippen LogP contribution is -2.26. The molecule has 0 aliphatic carbocycles. The van der Waals surface area contributed by atoms with Crippen LogP contribution in [0.5, 0.6) is 0 Å². The molecular weight excluding hydrogens is 245 g/mol. The van der Waals surface area contributed by atoms with Crippen molar-refractivity contribution in [3.05, 3.63) is 35.1 Å². The summed E-state index contributed by atoms with van der Waals surface area (Å²) >= 11 is 0. The van der Waals surface area contributed by atoms with E-state index in [0.717, 1.165) is 24.1 Å². The van der Waals surface area contributed by atoms with Crippen molar-refractivity contribution < 1.29 is 13.9 Å². The molecule has 1 atom stereocenters. The molecule has 0 saturated heterocycles. The molecule has 19 heavy (non-hydrogen) atoms. The van der Waals surface area contributed by atoms with Gasteiger partial charge in [-0.05, 0) is 50.1 Å². The van der Waals surface area contributed by atoms with Gasteiger partial charge in [0.2, 0.25) is 0 Å². The first kappa shape index (κ1) is 15.6. The fourth-order valence-corrected chi connectivity index (χ4v) is 2.03. The Balaban J connectivity index is 2.85. The van der Waals surface area contributed by atoms with E-state index in [-0.39, 0.29) is 24.2 Å². The van der Waals surface area contributed by atoms with Gasteiger partial charge in [-0.1, -0.05) is 13.0 Å². The largest absolute Gasteiger partial charge is 0.466 e. The molecule has 0 spiro atoms. The summed E-state index contributed by atoms with van der Waals surface area (Å²) in [6.45, 7) is 6.88. The molecule has 1 unspecified atom stereocenters. The maximum Gasteiger partial charge on any atom is 0.307 e. The highest BCUT2D eigenvalue weighted by Crippen LogP contribution is 2.22. The Kier molecular flexibility index (Phi) is 6.50. The number of benzene rings is 1. The second-order valence-electron chi connectivity index (χ2n) is 4.52. The molecule has 1 aromatic carbocycles. The molecule has 1 aromatic rings. The van der Waals surface area contributed by atoms with E-state index in [0.29, 0.717) is 6.61 Å². The monoisotopic (exact) mass is 267 g/mol. The van der Waals surface area contributed by atoms with E-state index in [9.17, 15) is 9.18 Å². The summed E-state index contributed by atoms with van der Waals surface area (Å²) in [5.74, 6) is -0.494. The van der Waals surface area contributed by atoms with Gasteiger partial charge in [-0.25, -0.2) is 4.39 Å². The maximum atomic E-state index is 13.1. The van der Waals surface area contributed by atoms with Gasteiger partial charge in [0.15, 0.2) is 0 Å². The molecule has 0 saturated carbocycles. The predicted molar refractivity (Wildman–Crippen MR) is 73.4 cm³/mol. The van der Waals surface area contributed by atoms with E-state index >= 15 is 0 Å². The maximum absolute atomic E-state index is 13.1. The van der Waals surface area contributed by atoms with Crippen molar-refractivity contribution in [2.45, 2.75) is 39.7 Å². The number of rotatable bonds is 7. The van der Waals surface area contributed by atoms with E-state index < -0.39 is 0 Å². The molecule has 1 rings (SSSR count). The Morgan fingerprint density at radius 2 is 2.16 bits per heavy atom. The van der Waals surface area contributed by atoms with E-state index in [1.807, 2.05) is 6.92 Å². The molecule has 0 aromatic heterocycles. The van der Waals surface area contributed by atoms with Crippen molar-refractivity contribution in [1.29, 1.82) is 0 Å². The van der Waals surface area contributed by atoms with Crippen LogP contribution in [0.15, 0.2) is 18.2 Å². The molecule has 106 valence electrons. The second kappa shape index (κ2) is 7.89. The van der Waals surface area contributed by atoms with Crippen molar-refractivity contribution in [2.75, 3.05) is 13.2 Å². The molecule has 0 radical (unpaired) electrons. The molecule has 0 bridgehead atoms. The average molecular weight is 267 g/mol. The Hall–Kier alpha value is -1.42. The number of ether oxygens (including phenoxy) is 1. The lowest BCUT2D eigenvalue weighted by Gasteiger charge is -2.20. The fraction of sp³-hybridized carbons (Fsp3) is 0.533. The number of hydrogen-bond acceptors (Lipinski definition) is 3. The first-order chi connectivity index (χ1) is 9.08. The van der Waals surface area contributed by atoms with Crippen LogP contribution in [0.25, 0.3) is 0 Å². The Morgan fingerprint density at radius 3 is 2.74 bits per heavy atom. The summed E-state index contributed by atoms with van der Waals surface area (Å²) < 4.78 is 18.1. The smallest absolute Gasteiger partial charge is 0.307 e. The minimum absolute atomic E-state index is 0.125. The molecule has 0 heterocycles. The van der Waals surface area contributed by atoms with E-state index in [2.05, 4.69) is 12.2 Å². The van der Waals surface area contributed by atoms with Crippen LogP contribution in [0, 0.1) is 12.7 Å². The van der Waals surface area contributed by atoms with Crippen molar-refractivity contribution in [3.8, 4) is 0 Å². The lowest BCUT2D eigenvalue weighted by atomic mass is 9.98. The van der Waals surface area contributed by atoms with Crippen LogP contribution in [0.2, 0.25) is 0 Å². The van der Waals surface area contributed by atoms with Crippen LogP contribution >= 0.6 is 0 Å². The van der Waals surface area contributed by atoms with Crippen molar-refractivity contribution in [1.82, 2.24) is 5.32 Å². The zero-order valence-corrected chi connectivity index (χ0v) is 11.8. The van der Waals surface area contributed by atoms with Crippen LogP contribution in [-0.2, 0) is 9.53 Å². The topological polar surface area (TPSA) is 38.3 Å². The zero-order chi connectivity index (χ0) is 14.3. The highest BCUT2D eigenvalue weighted by Gasteiger charge is 2.18. The zero-order valence-electron chi connectivity index (χ0n) is 11.8. The Bertz CT molecular complexity index is 421. The van der Waals surface area contributed by atoms with Crippen molar-refractivity contribution >= 4 is 5.97 Å². The van der Waals surface area contributed by atoms with Crippen LogP contribution in [0.1, 0.15) is 43.9 Å². The van der Waals surface area contributed by atoms with Gasteiger partial charge >= 0.3 is 5.97 Å². The van der Waals surface area contributed by atoms with Gasteiger partial charge in [-0.3, -0.25) is 4.79 Å². The first-order valence-electron chi connectivity index (χ1n) is 6.73. The molecular formula is C15H22FNO2. The number of carbonyl (C=O) groups excluding carboxylic acids is 1. The lowest BCUT2D eigenvalue weighted by molar-refractivity contribution is -0.143. The number of aryl methyl sites for hydroxylation is 1. The first-order valence-corrected chi connectivity index (χ1v) is 6.73. The number of nitrogens with one attached hydrogen (secondary N) is 1. The molecule has 3 nitrogen and oxygen atoms in total. The van der Waals surface area contributed by atoms with E-state index in [1.165, 1.54) is 12.1 Å². The minimum Gasteiger partial charge on any atom is -0.466 e. The molecule has 1 N–H and O–H groups in total. The van der Waals surface area contributed by atoms with Crippen LogP contribution in [0.4, 0.5) is 4.39 Å². The highest BCUT2D eigenvalue weighted by molar-refractivity contribution is 5.70. The third kappa shape index (κ3) is 4.99. The van der Waals surface area contributed by atoms with Gasteiger partial charge in [0, 0.05) is 6.04 Å². The van der Waals surface area contributed by atoms with Gasteiger partial charge in [-0.15, -0.1) is 0 Å². The summed E-state index contributed by atoms with van der Waals surface area (Å²) in [6, 6.07) is 4.52. The SMILES string of the molecule is CCCNC(CC(=O)OCC)c1ccc(F)cc1C. The second-order valence-corrected chi connectivity index (χ2v) is 4.52. The van der Waals surface area contributed by atoms with Gasteiger partial charge < -0.3 is 10.1 Å². The summed E-state index contributed by atoms with van der Waals surface area (Å²) in [7, 11) is 0. The average Bonchev–Trinajstić information content (AvgIpc) is 2.35. The molecule has 4 heteroatoms. The van der Waals surface area contributed by atoms with Gasteiger partial charge in [0.05, 0.1) is 13.0 Å². The minimum atomic E-state index is -0.258. The molecule has 0 aliphatic heterocycles. The van der Waals surface area contributed by atoms with Gasteiger partial charge in [-0.2, -0.15) is 0 Å². The Morgan fingerprint density at radius 1 is 1.42 bits per heavy atom. The number of esters is 1. The summed E-state index contributed by atoms with van der Waals surface area (Å²) in [6.07, 6.45) is 1.24. The van der Waals surface area contributed by atoms with Crippen LogP contribution in [-0.4, -0.2) is 19.1 Å². The number of carbonyl (C=O) groups is 1. The van der Waals surface area contributed by atoms with Gasteiger partial charge in [0.1, 0.15) is 5.82 Å². The molecule has 0 fully saturated rings. The summed E-state index contributed by atoms with van der Waals surface area (Å²) in [5, 5.41) is 3.31. The van der Waals surface area contributed by atoms with Crippen molar-refractivity contribution in [2.24, 2.45) is 0 Å². The van der Waals surface area contributed by atoms with E-state index in [1.54, 1.807) is 13.0 Å². The molecule has 0 aliphatic rings. The van der Waals surface area contributed by atoms with E-state index in [4.69, 9.17) is 4.74 Å². The predicted octanol–water partition coefficient (Wildman–Crippen LogP) is 3.13. The third-order valence-electron chi connectivity index (χ3n) is 2.92. The highest BCUT2D eigenvalue weighted by atomic mass is 19.1. The third-order valence-corrected chi connectivity index (χ3v) is 2.92. The molecule has 0 amide bonds. The quantitative estimate of drug-likeness (QED) is 0.771. The summed E-state index contributed by atoms with van der Waals surface area (Å²) in [5.41, 5.74) is 1.79. The number of hydrogen-bond donors (Lipinski definition) is 1. The van der Waals surface area contributed by atoms with Crippen LogP contribution < -0.4 is 5.32 Å². The normalized spacial score (nSPS) is 12.2. The standard InChI is InChI=1S/C15H22FNO2/c1-4-8-17-14(10-15(18)19-5-2)13-7-6-12(16)9-11(13)3/h6-7,9,14,17H,4-5,8,10H2,1-3H3. The van der Waals surface area contributed by atoms with Crippen molar-refractivity contribution in [3.63, 3.8) is 0 Å². The van der Waals surface area contributed by atoms with Gasteiger partial charge in [0.25, 0.3) is 0 Å². The summed E-state index contributed by atoms with van der Waals surface area (Å²) in [4.78, 5) is 11.6. The number of halogens is 1. The Labute approximate surface area is 114 Å². The fourth-order valence-electron chi connectivity index (χ4n) is 2.03.